The van der Waals surface area contributed by atoms with E-state index >= 15 is 0 Å². The highest BCUT2D eigenvalue weighted by Gasteiger charge is 2.26. The van der Waals surface area contributed by atoms with E-state index in [9.17, 15) is 4.79 Å². The molecule has 2 aromatic heterocycles. The van der Waals surface area contributed by atoms with Gasteiger partial charge in [-0.3, -0.25) is 4.79 Å². The van der Waals surface area contributed by atoms with Gasteiger partial charge in [-0.25, -0.2) is 9.97 Å². The van der Waals surface area contributed by atoms with Gasteiger partial charge in [0.05, 0.1) is 28.5 Å². The maximum Gasteiger partial charge on any atom is 0.229 e. The number of carbonyl (C=O) groups excluding carboxylic acids is 1. The van der Waals surface area contributed by atoms with Gasteiger partial charge in [-0.05, 0) is 37.5 Å². The van der Waals surface area contributed by atoms with Crippen LogP contribution in [0.5, 0.6) is 5.75 Å². The van der Waals surface area contributed by atoms with Gasteiger partial charge in [-0.15, -0.1) is 11.3 Å². The van der Waals surface area contributed by atoms with E-state index in [1.807, 2.05) is 23.7 Å². The van der Waals surface area contributed by atoms with Crippen LogP contribution in [0.1, 0.15) is 17.0 Å². The van der Waals surface area contributed by atoms with E-state index in [1.54, 1.807) is 18.4 Å². The average molecular weight is 345 g/mol. The molecule has 0 bridgehead atoms. The zero-order valence-corrected chi connectivity index (χ0v) is 14.2. The largest absolute Gasteiger partial charge is 0.497 e. The summed E-state index contributed by atoms with van der Waals surface area (Å²) in [5.74, 6) is 0.851. The molecule has 1 amide bonds. The Kier molecular flexibility index (Phi) is 3.74. The second kappa shape index (κ2) is 5.90. The van der Waals surface area contributed by atoms with Crippen molar-refractivity contribution < 1.29 is 9.53 Å². The number of hydrogen-bond acceptors (Lipinski definition) is 6. The lowest BCUT2D eigenvalue weighted by Crippen LogP contribution is -2.27. The van der Waals surface area contributed by atoms with Crippen molar-refractivity contribution in [3.8, 4) is 5.75 Å². The fraction of sp³-hybridized carbons (Fsp3) is 0.312. The maximum absolute atomic E-state index is 12.5. The quantitative estimate of drug-likeness (QED) is 0.789. The van der Waals surface area contributed by atoms with E-state index in [0.717, 1.165) is 40.9 Å². The fourth-order valence-corrected chi connectivity index (χ4v) is 4.61. The third-order valence-electron chi connectivity index (χ3n) is 4.08. The summed E-state index contributed by atoms with van der Waals surface area (Å²) in [5.41, 5.74) is 3.90. The number of thiazole rings is 2. The Morgan fingerprint density at radius 3 is 3.22 bits per heavy atom. The van der Waals surface area contributed by atoms with Crippen LogP contribution >= 0.6 is 22.7 Å². The van der Waals surface area contributed by atoms with Gasteiger partial charge in [-0.1, -0.05) is 11.3 Å². The number of benzene rings is 1. The first-order valence-electron chi connectivity index (χ1n) is 7.39. The Morgan fingerprint density at radius 2 is 2.35 bits per heavy atom. The van der Waals surface area contributed by atoms with Crippen molar-refractivity contribution in [1.29, 1.82) is 0 Å². The summed E-state index contributed by atoms with van der Waals surface area (Å²) in [5, 5.41) is 3.62. The number of nitrogens with one attached hydrogen (secondary N) is 1. The van der Waals surface area contributed by atoms with Crippen LogP contribution in [0, 0.1) is 5.92 Å². The van der Waals surface area contributed by atoms with Gasteiger partial charge in [0, 0.05) is 10.8 Å². The number of methoxy groups -OCH3 is 1. The van der Waals surface area contributed by atoms with Gasteiger partial charge in [-0.2, -0.15) is 0 Å². The van der Waals surface area contributed by atoms with E-state index in [2.05, 4.69) is 15.3 Å². The van der Waals surface area contributed by atoms with E-state index in [-0.39, 0.29) is 11.8 Å². The number of hydrogen-bond donors (Lipinski definition) is 1. The van der Waals surface area contributed by atoms with Crippen LogP contribution in [0.15, 0.2) is 23.7 Å². The molecule has 4 rings (SSSR count). The van der Waals surface area contributed by atoms with Gasteiger partial charge in [0.1, 0.15) is 5.75 Å². The topological polar surface area (TPSA) is 64.1 Å². The van der Waals surface area contributed by atoms with E-state index in [0.29, 0.717) is 5.13 Å². The molecule has 1 unspecified atom stereocenters. The number of fused-ring (bicyclic) bond motifs is 2. The van der Waals surface area contributed by atoms with Crippen LogP contribution in [-0.2, 0) is 17.6 Å². The average Bonchev–Trinajstić information content (AvgIpc) is 3.18. The Balaban J connectivity index is 1.50. The molecule has 7 heteroatoms. The fourth-order valence-electron chi connectivity index (χ4n) is 2.82. The van der Waals surface area contributed by atoms with Crippen LogP contribution in [0.4, 0.5) is 5.13 Å². The van der Waals surface area contributed by atoms with Gasteiger partial charge < -0.3 is 10.1 Å². The van der Waals surface area contributed by atoms with Gasteiger partial charge in [0.25, 0.3) is 0 Å². The molecule has 23 heavy (non-hydrogen) atoms. The Morgan fingerprint density at radius 1 is 1.43 bits per heavy atom. The second-order valence-electron chi connectivity index (χ2n) is 5.50. The lowest BCUT2D eigenvalue weighted by atomic mass is 9.90. The van der Waals surface area contributed by atoms with Gasteiger partial charge >= 0.3 is 0 Å². The SMILES string of the molecule is COc1ccc2nc(NC(=O)C3CCc4ncsc4C3)sc2c1. The first kappa shape index (κ1) is 14.6. The second-order valence-corrected chi connectivity index (χ2v) is 7.47. The summed E-state index contributed by atoms with van der Waals surface area (Å²) in [7, 11) is 1.64. The Bertz CT molecular complexity index is 871. The molecule has 118 valence electrons. The highest BCUT2D eigenvalue weighted by Crippen LogP contribution is 2.31. The van der Waals surface area contributed by atoms with Gasteiger partial charge in [0.15, 0.2) is 5.13 Å². The summed E-state index contributed by atoms with van der Waals surface area (Å²) < 4.78 is 6.23. The van der Waals surface area contributed by atoms with Crippen molar-refractivity contribution in [1.82, 2.24) is 9.97 Å². The smallest absolute Gasteiger partial charge is 0.229 e. The molecular weight excluding hydrogens is 330 g/mol. The minimum Gasteiger partial charge on any atom is -0.497 e. The number of nitrogens with zero attached hydrogens (tertiary/aromatic N) is 2. The lowest BCUT2D eigenvalue weighted by molar-refractivity contribution is -0.120. The lowest BCUT2D eigenvalue weighted by Gasteiger charge is -2.19. The predicted octanol–water partition coefficient (Wildman–Crippen LogP) is 3.51. The van der Waals surface area contributed by atoms with Crippen LogP contribution in [0.2, 0.25) is 0 Å². The molecule has 0 saturated heterocycles. The maximum atomic E-state index is 12.5. The predicted molar refractivity (Wildman–Crippen MR) is 92.4 cm³/mol. The van der Waals surface area contributed by atoms with Crippen LogP contribution in [0.3, 0.4) is 0 Å². The van der Waals surface area contributed by atoms with E-state index in [1.165, 1.54) is 16.2 Å². The van der Waals surface area contributed by atoms with Crippen LogP contribution < -0.4 is 10.1 Å². The first-order chi connectivity index (χ1) is 11.2. The zero-order chi connectivity index (χ0) is 15.8. The number of carbonyl (C=O) groups is 1. The van der Waals surface area contributed by atoms with Crippen molar-refractivity contribution in [2.24, 2.45) is 5.92 Å². The van der Waals surface area contributed by atoms with Crippen molar-refractivity contribution in [2.45, 2.75) is 19.3 Å². The molecule has 1 N–H and O–H groups in total. The van der Waals surface area contributed by atoms with Crippen molar-refractivity contribution in [2.75, 3.05) is 12.4 Å². The van der Waals surface area contributed by atoms with Crippen LogP contribution in [-0.4, -0.2) is 23.0 Å². The third-order valence-corrected chi connectivity index (χ3v) is 5.91. The summed E-state index contributed by atoms with van der Waals surface area (Å²) in [6, 6.07) is 5.72. The molecule has 0 fully saturated rings. The monoisotopic (exact) mass is 345 g/mol. The molecule has 1 aliphatic rings. The van der Waals surface area contributed by atoms with Crippen molar-refractivity contribution in [3.05, 3.63) is 34.3 Å². The number of amides is 1. The van der Waals surface area contributed by atoms with E-state index in [4.69, 9.17) is 4.74 Å². The molecule has 0 aliphatic heterocycles. The highest BCUT2D eigenvalue weighted by molar-refractivity contribution is 7.22. The normalized spacial score (nSPS) is 17.0. The summed E-state index contributed by atoms with van der Waals surface area (Å²) >= 11 is 3.12. The third kappa shape index (κ3) is 2.82. The number of rotatable bonds is 3. The molecule has 0 saturated carbocycles. The number of aromatic nitrogens is 2. The number of anilines is 1. The minimum absolute atomic E-state index is 0.00417. The minimum atomic E-state index is 0.00417. The summed E-state index contributed by atoms with van der Waals surface area (Å²) in [6.07, 6.45) is 2.51. The zero-order valence-electron chi connectivity index (χ0n) is 12.5. The number of aryl methyl sites for hydroxylation is 1. The molecular formula is C16H15N3O2S2. The summed E-state index contributed by atoms with van der Waals surface area (Å²) in [4.78, 5) is 22.6. The number of ether oxygens (including phenoxy) is 1. The van der Waals surface area contributed by atoms with Crippen molar-refractivity contribution >= 4 is 43.9 Å². The molecule has 3 aromatic rings. The Hall–Kier alpha value is -1.99. The first-order valence-corrected chi connectivity index (χ1v) is 9.09. The molecule has 1 atom stereocenters. The Labute approximate surface area is 141 Å². The molecule has 1 aliphatic carbocycles. The summed E-state index contributed by atoms with van der Waals surface area (Å²) in [6.45, 7) is 0. The molecule has 1 aromatic carbocycles. The van der Waals surface area contributed by atoms with E-state index < -0.39 is 0 Å². The molecule has 0 radical (unpaired) electrons. The van der Waals surface area contributed by atoms with Crippen LogP contribution in [0.25, 0.3) is 10.2 Å². The van der Waals surface area contributed by atoms with Gasteiger partial charge in [0.2, 0.25) is 5.91 Å². The highest BCUT2D eigenvalue weighted by atomic mass is 32.1. The molecule has 5 nitrogen and oxygen atoms in total. The molecule has 0 spiro atoms. The van der Waals surface area contributed by atoms with Crippen molar-refractivity contribution in [3.63, 3.8) is 0 Å². The molecule has 2 heterocycles. The standard InChI is InChI=1S/C16H15N3O2S2/c1-21-10-3-5-12-14(7-10)23-16(18-12)19-15(20)9-2-4-11-13(6-9)22-8-17-11/h3,5,7-9H,2,4,6H2,1H3,(H,18,19,20).